The number of hydrogen-bond acceptors (Lipinski definition) is 3. The van der Waals surface area contributed by atoms with Crippen molar-refractivity contribution >= 4 is 5.91 Å². The van der Waals surface area contributed by atoms with E-state index in [4.69, 9.17) is 5.73 Å². The first kappa shape index (κ1) is 16.6. The van der Waals surface area contributed by atoms with Gasteiger partial charge in [-0.2, -0.15) is 5.10 Å². The van der Waals surface area contributed by atoms with Crippen LogP contribution in [0.2, 0.25) is 0 Å². The van der Waals surface area contributed by atoms with Gasteiger partial charge in [-0.1, -0.05) is 0 Å². The molecule has 1 aliphatic rings. The van der Waals surface area contributed by atoms with E-state index in [0.29, 0.717) is 11.5 Å². The highest BCUT2D eigenvalue weighted by molar-refractivity contribution is 5.95. The van der Waals surface area contributed by atoms with Gasteiger partial charge in [-0.05, 0) is 56.9 Å². The minimum absolute atomic E-state index is 0.00369. The molecule has 5 nitrogen and oxygen atoms in total. The molecule has 1 aromatic heterocycles. The summed E-state index contributed by atoms with van der Waals surface area (Å²) in [5.41, 5.74) is 8.06. The van der Waals surface area contributed by atoms with E-state index in [1.165, 1.54) is 12.1 Å². The fourth-order valence-corrected chi connectivity index (χ4v) is 3.26. The molecule has 0 bridgehead atoms. The second kappa shape index (κ2) is 6.73. The van der Waals surface area contributed by atoms with Gasteiger partial charge in [0.15, 0.2) is 0 Å². The van der Waals surface area contributed by atoms with Gasteiger partial charge in [-0.3, -0.25) is 4.79 Å². The van der Waals surface area contributed by atoms with Gasteiger partial charge < -0.3 is 10.6 Å². The van der Waals surface area contributed by atoms with Gasteiger partial charge in [0, 0.05) is 19.1 Å². The number of halogens is 1. The van der Waals surface area contributed by atoms with Gasteiger partial charge in [-0.15, -0.1) is 0 Å². The number of amides is 1. The van der Waals surface area contributed by atoms with Crippen LogP contribution >= 0.6 is 0 Å². The van der Waals surface area contributed by atoms with Gasteiger partial charge in [0.2, 0.25) is 0 Å². The smallest absolute Gasteiger partial charge is 0.257 e. The van der Waals surface area contributed by atoms with Crippen molar-refractivity contribution in [2.24, 2.45) is 11.7 Å². The molecule has 1 saturated heterocycles. The normalized spacial score (nSPS) is 17.1. The molecule has 2 aromatic rings. The minimum atomic E-state index is -0.295. The molecule has 128 valence electrons. The molecule has 1 aromatic carbocycles. The molecule has 0 radical (unpaired) electrons. The van der Waals surface area contributed by atoms with E-state index in [9.17, 15) is 9.18 Å². The summed E-state index contributed by atoms with van der Waals surface area (Å²) in [6, 6.07) is 6.24. The number of nitrogens with two attached hydrogens (primary N) is 1. The summed E-state index contributed by atoms with van der Waals surface area (Å²) in [4.78, 5) is 14.7. The fraction of sp³-hybridized carbons (Fsp3) is 0.444. The van der Waals surface area contributed by atoms with E-state index in [2.05, 4.69) is 5.10 Å². The van der Waals surface area contributed by atoms with Crippen LogP contribution in [0.4, 0.5) is 4.39 Å². The number of carbonyl (C=O) groups is 1. The van der Waals surface area contributed by atoms with Crippen molar-refractivity contribution in [2.75, 3.05) is 13.1 Å². The van der Waals surface area contributed by atoms with E-state index in [1.54, 1.807) is 23.0 Å². The highest BCUT2D eigenvalue weighted by atomic mass is 19.1. The van der Waals surface area contributed by atoms with Gasteiger partial charge >= 0.3 is 0 Å². The lowest BCUT2D eigenvalue weighted by Gasteiger charge is -2.33. The van der Waals surface area contributed by atoms with Crippen molar-refractivity contribution in [1.82, 2.24) is 14.7 Å². The number of aromatic nitrogens is 2. The first-order valence-electron chi connectivity index (χ1n) is 8.33. The third kappa shape index (κ3) is 3.19. The molecule has 1 aliphatic heterocycles. The molecular weight excluding hydrogens is 307 g/mol. The Balaban J connectivity index is 1.76. The number of carbonyl (C=O) groups excluding carboxylic acids is 1. The Hall–Kier alpha value is -2.21. The van der Waals surface area contributed by atoms with Crippen molar-refractivity contribution in [3.8, 4) is 5.69 Å². The topological polar surface area (TPSA) is 64.2 Å². The maximum atomic E-state index is 13.1. The Morgan fingerprint density at radius 3 is 2.50 bits per heavy atom. The van der Waals surface area contributed by atoms with E-state index < -0.39 is 0 Å². The Kier molecular flexibility index (Phi) is 4.66. The average Bonchev–Trinajstić information content (AvgIpc) is 2.96. The van der Waals surface area contributed by atoms with E-state index in [0.717, 1.165) is 37.3 Å². The van der Waals surface area contributed by atoms with Crippen molar-refractivity contribution in [2.45, 2.75) is 32.7 Å². The molecule has 2 N–H and O–H groups in total. The Labute approximate surface area is 141 Å². The second-order valence-corrected chi connectivity index (χ2v) is 6.52. The van der Waals surface area contributed by atoms with Crippen LogP contribution in [0, 0.1) is 18.7 Å². The number of piperidine rings is 1. The first-order valence-corrected chi connectivity index (χ1v) is 8.33. The Bertz CT molecular complexity index is 715. The van der Waals surface area contributed by atoms with Crippen LogP contribution in [-0.4, -0.2) is 39.7 Å². The highest BCUT2D eigenvalue weighted by Gasteiger charge is 2.27. The van der Waals surface area contributed by atoms with Crippen molar-refractivity contribution in [1.29, 1.82) is 0 Å². The Morgan fingerprint density at radius 2 is 1.92 bits per heavy atom. The van der Waals surface area contributed by atoms with Gasteiger partial charge in [0.25, 0.3) is 5.91 Å². The highest BCUT2D eigenvalue weighted by Crippen LogP contribution is 2.22. The fourth-order valence-electron chi connectivity index (χ4n) is 3.26. The maximum absolute atomic E-state index is 13.1. The summed E-state index contributed by atoms with van der Waals surface area (Å²) >= 11 is 0. The lowest BCUT2D eigenvalue weighted by Crippen LogP contribution is -2.42. The van der Waals surface area contributed by atoms with Crippen molar-refractivity contribution in [3.05, 3.63) is 47.5 Å². The summed E-state index contributed by atoms with van der Waals surface area (Å²) in [7, 11) is 0. The zero-order valence-electron chi connectivity index (χ0n) is 14.1. The largest absolute Gasteiger partial charge is 0.339 e. The van der Waals surface area contributed by atoms with Crippen LogP contribution in [0.3, 0.4) is 0 Å². The van der Waals surface area contributed by atoms with Crippen LogP contribution < -0.4 is 5.73 Å². The zero-order valence-corrected chi connectivity index (χ0v) is 14.1. The van der Waals surface area contributed by atoms with E-state index in [1.807, 2.05) is 18.7 Å². The predicted molar refractivity (Wildman–Crippen MR) is 90.5 cm³/mol. The summed E-state index contributed by atoms with van der Waals surface area (Å²) in [6.45, 7) is 5.34. The quantitative estimate of drug-likeness (QED) is 0.940. The number of hydrogen-bond donors (Lipinski definition) is 1. The number of benzene rings is 1. The third-order valence-corrected chi connectivity index (χ3v) is 4.88. The van der Waals surface area contributed by atoms with Gasteiger partial charge in [0.1, 0.15) is 5.82 Å². The van der Waals surface area contributed by atoms with E-state index in [-0.39, 0.29) is 17.8 Å². The SMILES string of the molecule is Cc1c(C(=O)N2CCC(C(C)N)CC2)cnn1-c1ccc(F)cc1. The van der Waals surface area contributed by atoms with Crippen molar-refractivity contribution < 1.29 is 9.18 Å². The molecule has 3 rings (SSSR count). The lowest BCUT2D eigenvalue weighted by molar-refractivity contribution is 0.0680. The second-order valence-electron chi connectivity index (χ2n) is 6.52. The standard InChI is InChI=1S/C18H23FN4O/c1-12(20)14-7-9-22(10-8-14)18(24)17-11-21-23(13(17)2)16-5-3-15(19)4-6-16/h3-6,11-12,14H,7-10,20H2,1-2H3. The molecular formula is C18H23FN4O. The number of likely N-dealkylation sites (tertiary alicyclic amines) is 1. The molecule has 1 amide bonds. The molecule has 1 unspecified atom stereocenters. The summed E-state index contributed by atoms with van der Waals surface area (Å²) < 4.78 is 14.7. The van der Waals surface area contributed by atoms with Crippen molar-refractivity contribution in [3.63, 3.8) is 0 Å². The zero-order chi connectivity index (χ0) is 17.3. The minimum Gasteiger partial charge on any atom is -0.339 e. The molecule has 0 saturated carbocycles. The average molecular weight is 330 g/mol. The Morgan fingerprint density at radius 1 is 1.29 bits per heavy atom. The predicted octanol–water partition coefficient (Wildman–Crippen LogP) is 2.52. The molecule has 1 atom stereocenters. The van der Waals surface area contributed by atoms with Crippen LogP contribution in [0.25, 0.3) is 5.69 Å². The molecule has 2 heterocycles. The van der Waals surface area contributed by atoms with E-state index >= 15 is 0 Å². The van der Waals surface area contributed by atoms with Crippen LogP contribution in [0.15, 0.2) is 30.5 Å². The summed E-state index contributed by atoms with van der Waals surface area (Å²) in [5, 5.41) is 4.30. The summed E-state index contributed by atoms with van der Waals surface area (Å²) in [5.74, 6) is 0.193. The summed E-state index contributed by atoms with van der Waals surface area (Å²) in [6.07, 6.45) is 3.47. The first-order chi connectivity index (χ1) is 11.5. The maximum Gasteiger partial charge on any atom is 0.257 e. The number of nitrogens with zero attached hydrogens (tertiary/aromatic N) is 3. The van der Waals surface area contributed by atoms with Crippen LogP contribution in [0.1, 0.15) is 35.8 Å². The lowest BCUT2D eigenvalue weighted by atomic mass is 9.91. The van der Waals surface area contributed by atoms with Gasteiger partial charge in [-0.25, -0.2) is 9.07 Å². The van der Waals surface area contributed by atoms with Crippen LogP contribution in [-0.2, 0) is 0 Å². The molecule has 0 spiro atoms. The molecule has 6 heteroatoms. The molecule has 1 fully saturated rings. The monoisotopic (exact) mass is 330 g/mol. The molecule has 0 aliphatic carbocycles. The number of rotatable bonds is 3. The third-order valence-electron chi connectivity index (χ3n) is 4.88. The van der Waals surface area contributed by atoms with Crippen LogP contribution in [0.5, 0.6) is 0 Å². The van der Waals surface area contributed by atoms with Gasteiger partial charge in [0.05, 0.1) is 23.1 Å². The molecule has 24 heavy (non-hydrogen) atoms.